The molecule has 4 nitrogen and oxygen atoms in total. The van der Waals surface area contributed by atoms with E-state index in [0.717, 1.165) is 13.0 Å². The van der Waals surface area contributed by atoms with Crippen LogP contribution in [-0.4, -0.2) is 23.8 Å². The fourth-order valence-electron chi connectivity index (χ4n) is 1.52. The lowest BCUT2D eigenvalue weighted by molar-refractivity contribution is 0.494. The SMILES string of the molecule is CNCCCc1nnc(-c2ccc(Cl)c(F)c2)o1. The van der Waals surface area contributed by atoms with Crippen LogP contribution in [0.4, 0.5) is 4.39 Å². The van der Waals surface area contributed by atoms with Crippen LogP contribution in [0.2, 0.25) is 5.02 Å². The fraction of sp³-hybridized carbons (Fsp3) is 0.333. The van der Waals surface area contributed by atoms with Crippen molar-refractivity contribution in [1.82, 2.24) is 15.5 Å². The first-order valence-corrected chi connectivity index (χ1v) is 6.01. The van der Waals surface area contributed by atoms with Gasteiger partial charge in [0.25, 0.3) is 0 Å². The van der Waals surface area contributed by atoms with E-state index in [1.54, 1.807) is 6.07 Å². The van der Waals surface area contributed by atoms with Crippen LogP contribution in [0, 0.1) is 5.82 Å². The molecule has 2 aromatic rings. The van der Waals surface area contributed by atoms with Crippen molar-refractivity contribution in [2.45, 2.75) is 12.8 Å². The monoisotopic (exact) mass is 269 g/mol. The van der Waals surface area contributed by atoms with E-state index in [4.69, 9.17) is 16.0 Å². The minimum Gasteiger partial charge on any atom is -0.421 e. The summed E-state index contributed by atoms with van der Waals surface area (Å²) in [5.41, 5.74) is 0.532. The molecule has 0 bridgehead atoms. The van der Waals surface area contributed by atoms with E-state index in [1.807, 2.05) is 7.05 Å². The quantitative estimate of drug-likeness (QED) is 0.848. The third-order valence-electron chi connectivity index (χ3n) is 2.45. The largest absolute Gasteiger partial charge is 0.421 e. The van der Waals surface area contributed by atoms with Crippen LogP contribution in [0.1, 0.15) is 12.3 Å². The van der Waals surface area contributed by atoms with Gasteiger partial charge in [0, 0.05) is 12.0 Å². The molecule has 96 valence electrons. The first-order chi connectivity index (χ1) is 8.70. The van der Waals surface area contributed by atoms with Crippen molar-refractivity contribution in [2.24, 2.45) is 0 Å². The molecular formula is C12H13ClFN3O. The van der Waals surface area contributed by atoms with Gasteiger partial charge in [0.05, 0.1) is 5.02 Å². The molecule has 6 heteroatoms. The Morgan fingerprint density at radius 1 is 1.39 bits per heavy atom. The highest BCUT2D eigenvalue weighted by atomic mass is 35.5. The lowest BCUT2D eigenvalue weighted by Gasteiger charge is -1.97. The van der Waals surface area contributed by atoms with Gasteiger partial charge in [-0.15, -0.1) is 10.2 Å². The molecule has 0 saturated carbocycles. The first kappa shape index (κ1) is 13.0. The van der Waals surface area contributed by atoms with Crippen LogP contribution in [-0.2, 0) is 6.42 Å². The molecular weight excluding hydrogens is 257 g/mol. The van der Waals surface area contributed by atoms with Gasteiger partial charge in [0.15, 0.2) is 0 Å². The Labute approximate surface area is 109 Å². The number of halogens is 2. The number of hydrogen-bond donors (Lipinski definition) is 1. The van der Waals surface area contributed by atoms with Crippen LogP contribution < -0.4 is 5.32 Å². The molecule has 18 heavy (non-hydrogen) atoms. The van der Waals surface area contributed by atoms with Crippen LogP contribution in [0.25, 0.3) is 11.5 Å². The Morgan fingerprint density at radius 3 is 2.94 bits per heavy atom. The van der Waals surface area contributed by atoms with Gasteiger partial charge in [-0.2, -0.15) is 0 Å². The third kappa shape index (κ3) is 3.05. The van der Waals surface area contributed by atoms with E-state index in [-0.39, 0.29) is 5.02 Å². The Bertz CT molecular complexity index is 530. The Balaban J connectivity index is 2.11. The summed E-state index contributed by atoms with van der Waals surface area (Å²) in [5.74, 6) is 0.365. The summed E-state index contributed by atoms with van der Waals surface area (Å²) in [7, 11) is 1.88. The average Bonchev–Trinajstić information content (AvgIpc) is 2.82. The first-order valence-electron chi connectivity index (χ1n) is 5.63. The molecule has 0 radical (unpaired) electrons. The molecule has 0 aliphatic rings. The minimum absolute atomic E-state index is 0.0764. The summed E-state index contributed by atoms with van der Waals surface area (Å²) < 4.78 is 18.7. The van der Waals surface area contributed by atoms with E-state index >= 15 is 0 Å². The van der Waals surface area contributed by atoms with Crippen LogP contribution in [0.3, 0.4) is 0 Å². The zero-order valence-corrected chi connectivity index (χ0v) is 10.7. The van der Waals surface area contributed by atoms with Crippen molar-refractivity contribution >= 4 is 11.6 Å². The van der Waals surface area contributed by atoms with Gasteiger partial charge in [0.2, 0.25) is 11.8 Å². The number of nitrogens with one attached hydrogen (secondary N) is 1. The van der Waals surface area contributed by atoms with E-state index in [0.29, 0.717) is 23.8 Å². The second-order valence-corrected chi connectivity index (χ2v) is 4.24. The van der Waals surface area contributed by atoms with Crippen molar-refractivity contribution in [1.29, 1.82) is 0 Å². The number of nitrogens with zero attached hydrogens (tertiary/aromatic N) is 2. The molecule has 0 spiro atoms. The predicted octanol–water partition coefficient (Wildman–Crippen LogP) is 2.68. The minimum atomic E-state index is -0.496. The molecule has 0 aliphatic carbocycles. The Morgan fingerprint density at radius 2 is 2.22 bits per heavy atom. The summed E-state index contributed by atoms with van der Waals surface area (Å²) >= 11 is 5.61. The van der Waals surface area contributed by atoms with Gasteiger partial charge in [-0.05, 0) is 38.2 Å². The molecule has 0 amide bonds. The van der Waals surface area contributed by atoms with E-state index < -0.39 is 5.82 Å². The van der Waals surface area contributed by atoms with Crippen molar-refractivity contribution in [3.05, 3.63) is 34.9 Å². The van der Waals surface area contributed by atoms with Crippen LogP contribution in [0.15, 0.2) is 22.6 Å². The average molecular weight is 270 g/mol. The highest BCUT2D eigenvalue weighted by Crippen LogP contribution is 2.23. The molecule has 0 unspecified atom stereocenters. The molecule has 1 aromatic heterocycles. The predicted molar refractivity (Wildman–Crippen MR) is 66.9 cm³/mol. The topological polar surface area (TPSA) is 51.0 Å². The zero-order chi connectivity index (χ0) is 13.0. The highest BCUT2D eigenvalue weighted by molar-refractivity contribution is 6.30. The van der Waals surface area contributed by atoms with Crippen LogP contribution in [0.5, 0.6) is 0 Å². The number of aryl methyl sites for hydroxylation is 1. The Hall–Kier alpha value is -1.46. The second-order valence-electron chi connectivity index (χ2n) is 3.84. The van der Waals surface area contributed by atoms with Gasteiger partial charge in [0.1, 0.15) is 5.82 Å². The summed E-state index contributed by atoms with van der Waals surface area (Å²) in [6.07, 6.45) is 1.61. The van der Waals surface area contributed by atoms with E-state index in [2.05, 4.69) is 15.5 Å². The zero-order valence-electron chi connectivity index (χ0n) is 9.91. The molecule has 0 atom stereocenters. The normalized spacial score (nSPS) is 10.8. The summed E-state index contributed by atoms with van der Waals surface area (Å²) in [6.45, 7) is 0.882. The van der Waals surface area contributed by atoms with Crippen LogP contribution >= 0.6 is 11.6 Å². The summed E-state index contributed by atoms with van der Waals surface area (Å²) in [4.78, 5) is 0. The maximum atomic E-state index is 13.3. The van der Waals surface area contributed by atoms with Gasteiger partial charge < -0.3 is 9.73 Å². The van der Waals surface area contributed by atoms with Crippen molar-refractivity contribution in [3.63, 3.8) is 0 Å². The van der Waals surface area contributed by atoms with Gasteiger partial charge in [-0.3, -0.25) is 0 Å². The standard InChI is InChI=1S/C12H13ClFN3O/c1-15-6-2-3-11-16-17-12(18-11)8-4-5-9(13)10(14)7-8/h4-5,7,15H,2-3,6H2,1H3. The summed E-state index contributed by atoms with van der Waals surface area (Å²) in [5, 5.41) is 10.9. The van der Waals surface area contributed by atoms with Crippen molar-refractivity contribution in [2.75, 3.05) is 13.6 Å². The van der Waals surface area contributed by atoms with Crippen molar-refractivity contribution < 1.29 is 8.81 Å². The third-order valence-corrected chi connectivity index (χ3v) is 2.76. The lowest BCUT2D eigenvalue weighted by atomic mass is 10.2. The van der Waals surface area contributed by atoms with Gasteiger partial charge >= 0.3 is 0 Å². The molecule has 1 heterocycles. The molecule has 2 rings (SSSR count). The van der Waals surface area contributed by atoms with Crippen molar-refractivity contribution in [3.8, 4) is 11.5 Å². The van der Waals surface area contributed by atoms with Gasteiger partial charge in [-0.25, -0.2) is 4.39 Å². The molecule has 0 fully saturated rings. The summed E-state index contributed by atoms with van der Waals surface area (Å²) in [6, 6.07) is 4.40. The second kappa shape index (κ2) is 5.93. The lowest BCUT2D eigenvalue weighted by Crippen LogP contribution is -2.08. The number of hydrogen-bond acceptors (Lipinski definition) is 4. The maximum absolute atomic E-state index is 13.3. The van der Waals surface area contributed by atoms with Gasteiger partial charge in [-0.1, -0.05) is 11.6 Å². The smallest absolute Gasteiger partial charge is 0.247 e. The molecule has 0 aliphatic heterocycles. The number of rotatable bonds is 5. The molecule has 1 aromatic carbocycles. The molecule has 1 N–H and O–H groups in total. The number of aromatic nitrogens is 2. The Kier molecular flexibility index (Phi) is 4.28. The highest BCUT2D eigenvalue weighted by Gasteiger charge is 2.10. The van der Waals surface area contributed by atoms with E-state index in [9.17, 15) is 4.39 Å². The molecule has 0 saturated heterocycles. The number of benzene rings is 1. The fourth-order valence-corrected chi connectivity index (χ4v) is 1.63. The maximum Gasteiger partial charge on any atom is 0.247 e. The van der Waals surface area contributed by atoms with E-state index in [1.165, 1.54) is 12.1 Å².